The lowest BCUT2D eigenvalue weighted by molar-refractivity contribution is -0.144. The molecule has 2 rings (SSSR count). The molecule has 0 aliphatic carbocycles. The van der Waals surface area contributed by atoms with Crippen LogP contribution in [-0.4, -0.2) is 9.97 Å². The minimum Gasteiger partial charge on any atom is -0.366 e. The number of halogens is 3. The van der Waals surface area contributed by atoms with Crippen LogP contribution >= 0.6 is 0 Å². The number of alkyl halides is 3. The Bertz CT molecular complexity index is 627. The van der Waals surface area contributed by atoms with E-state index >= 15 is 0 Å². The average molecular weight is 297 g/mol. The second kappa shape index (κ2) is 5.96. The van der Waals surface area contributed by atoms with Gasteiger partial charge >= 0.3 is 6.18 Å². The van der Waals surface area contributed by atoms with Crippen LogP contribution in [0.25, 0.3) is 0 Å². The van der Waals surface area contributed by atoms with Gasteiger partial charge in [-0.15, -0.1) is 0 Å². The van der Waals surface area contributed by atoms with Crippen LogP contribution in [0.1, 0.15) is 17.0 Å². The van der Waals surface area contributed by atoms with Crippen molar-refractivity contribution >= 4 is 11.6 Å². The fourth-order valence-electron chi connectivity index (χ4n) is 1.75. The predicted molar refractivity (Wildman–Crippen MR) is 73.3 cm³/mol. The number of nitrogens with one attached hydrogen (secondary N) is 2. The van der Waals surface area contributed by atoms with Crippen LogP contribution < -0.4 is 16.6 Å². The van der Waals surface area contributed by atoms with Gasteiger partial charge < -0.3 is 10.7 Å². The summed E-state index contributed by atoms with van der Waals surface area (Å²) in [6.45, 7) is 2.28. The number of hydrogen-bond acceptors (Lipinski definition) is 5. The Morgan fingerprint density at radius 2 is 1.86 bits per heavy atom. The van der Waals surface area contributed by atoms with Gasteiger partial charge in [0.1, 0.15) is 11.6 Å². The number of aromatic nitrogens is 2. The van der Waals surface area contributed by atoms with E-state index in [1.807, 2.05) is 31.2 Å². The lowest BCUT2D eigenvalue weighted by atomic mass is 10.1. The van der Waals surface area contributed by atoms with Crippen molar-refractivity contribution in [2.75, 3.05) is 10.7 Å². The first kappa shape index (κ1) is 15.0. The zero-order chi connectivity index (χ0) is 15.5. The maximum atomic E-state index is 12.7. The van der Waals surface area contributed by atoms with E-state index in [1.54, 1.807) is 0 Å². The number of anilines is 2. The molecule has 1 aromatic heterocycles. The van der Waals surface area contributed by atoms with Crippen LogP contribution in [0.4, 0.5) is 24.8 Å². The van der Waals surface area contributed by atoms with Gasteiger partial charge in [-0.3, -0.25) is 0 Å². The van der Waals surface area contributed by atoms with E-state index in [0.29, 0.717) is 6.54 Å². The molecule has 1 aromatic carbocycles. The van der Waals surface area contributed by atoms with Crippen molar-refractivity contribution in [1.82, 2.24) is 9.97 Å². The van der Waals surface area contributed by atoms with Crippen LogP contribution in [0.3, 0.4) is 0 Å². The number of hydrazine groups is 1. The largest absolute Gasteiger partial charge is 0.451 e. The lowest BCUT2D eigenvalue weighted by Crippen LogP contribution is -2.17. The predicted octanol–water partition coefficient (Wildman–Crippen LogP) is 2.70. The Morgan fingerprint density at radius 1 is 1.14 bits per heavy atom. The van der Waals surface area contributed by atoms with Gasteiger partial charge in [0.2, 0.25) is 5.82 Å². The summed E-state index contributed by atoms with van der Waals surface area (Å²) in [5.41, 5.74) is 4.10. The zero-order valence-electron chi connectivity index (χ0n) is 11.2. The van der Waals surface area contributed by atoms with Crippen molar-refractivity contribution in [2.45, 2.75) is 19.6 Å². The van der Waals surface area contributed by atoms with Gasteiger partial charge in [-0.2, -0.15) is 13.2 Å². The Balaban J connectivity index is 2.19. The molecule has 0 aliphatic rings. The van der Waals surface area contributed by atoms with Crippen molar-refractivity contribution < 1.29 is 13.2 Å². The first-order valence-electron chi connectivity index (χ1n) is 6.11. The van der Waals surface area contributed by atoms with Crippen LogP contribution in [0.15, 0.2) is 30.3 Å². The summed E-state index contributed by atoms with van der Waals surface area (Å²) in [4.78, 5) is 6.73. The van der Waals surface area contributed by atoms with Gasteiger partial charge in [0.25, 0.3) is 0 Å². The average Bonchev–Trinajstić information content (AvgIpc) is 2.44. The fraction of sp³-hybridized carbons (Fsp3) is 0.231. The molecule has 0 atom stereocenters. The van der Waals surface area contributed by atoms with Gasteiger partial charge in [-0.05, 0) is 12.5 Å². The van der Waals surface area contributed by atoms with E-state index in [0.717, 1.165) is 11.1 Å². The van der Waals surface area contributed by atoms with Crippen molar-refractivity contribution in [3.8, 4) is 0 Å². The first-order valence-corrected chi connectivity index (χ1v) is 6.11. The van der Waals surface area contributed by atoms with Gasteiger partial charge in [-0.1, -0.05) is 29.8 Å². The molecule has 1 heterocycles. The molecule has 0 radical (unpaired) electrons. The highest BCUT2D eigenvalue weighted by atomic mass is 19.4. The second-order valence-electron chi connectivity index (χ2n) is 4.45. The number of hydrogen-bond donors (Lipinski definition) is 3. The van der Waals surface area contributed by atoms with E-state index < -0.39 is 12.0 Å². The minimum absolute atomic E-state index is 0.0479. The number of nitrogens with two attached hydrogens (primary N) is 1. The van der Waals surface area contributed by atoms with Crippen LogP contribution in [0.2, 0.25) is 0 Å². The zero-order valence-corrected chi connectivity index (χ0v) is 11.2. The number of rotatable bonds is 4. The molecule has 112 valence electrons. The Morgan fingerprint density at radius 3 is 2.48 bits per heavy atom. The highest BCUT2D eigenvalue weighted by Crippen LogP contribution is 2.28. The van der Waals surface area contributed by atoms with Crippen LogP contribution in [0, 0.1) is 6.92 Å². The van der Waals surface area contributed by atoms with Gasteiger partial charge in [0, 0.05) is 12.6 Å². The number of nitrogen functional groups attached to an aromatic ring is 1. The van der Waals surface area contributed by atoms with Crippen molar-refractivity contribution in [3.63, 3.8) is 0 Å². The molecule has 0 amide bonds. The molecule has 8 heteroatoms. The van der Waals surface area contributed by atoms with Crippen LogP contribution in [-0.2, 0) is 12.7 Å². The van der Waals surface area contributed by atoms with Crippen molar-refractivity contribution in [3.05, 3.63) is 47.3 Å². The molecule has 0 spiro atoms. The molecule has 5 nitrogen and oxygen atoms in total. The smallest absolute Gasteiger partial charge is 0.366 e. The van der Waals surface area contributed by atoms with E-state index in [4.69, 9.17) is 5.84 Å². The molecule has 0 saturated heterocycles. The summed E-state index contributed by atoms with van der Waals surface area (Å²) in [6, 6.07) is 8.92. The molecular formula is C13H14F3N5. The first-order chi connectivity index (χ1) is 9.88. The molecule has 0 bridgehead atoms. The third-order valence-electron chi connectivity index (χ3n) is 2.68. The maximum Gasteiger partial charge on any atom is 0.451 e. The maximum absolute atomic E-state index is 12.7. The summed E-state index contributed by atoms with van der Waals surface area (Å²) in [7, 11) is 0. The molecule has 0 fully saturated rings. The third-order valence-corrected chi connectivity index (χ3v) is 2.68. The molecule has 0 saturated carbocycles. The van der Waals surface area contributed by atoms with E-state index in [-0.39, 0.29) is 11.6 Å². The van der Waals surface area contributed by atoms with E-state index in [9.17, 15) is 13.2 Å². The Labute approximate surface area is 119 Å². The van der Waals surface area contributed by atoms with Crippen LogP contribution in [0.5, 0.6) is 0 Å². The van der Waals surface area contributed by atoms with Crippen molar-refractivity contribution in [2.24, 2.45) is 5.84 Å². The molecule has 4 N–H and O–H groups in total. The van der Waals surface area contributed by atoms with Gasteiger partial charge in [-0.25, -0.2) is 15.8 Å². The normalized spacial score (nSPS) is 11.3. The Kier molecular flexibility index (Phi) is 4.27. The third kappa shape index (κ3) is 4.06. The van der Waals surface area contributed by atoms with Crippen molar-refractivity contribution in [1.29, 1.82) is 0 Å². The van der Waals surface area contributed by atoms with E-state index in [1.165, 1.54) is 6.07 Å². The van der Waals surface area contributed by atoms with Gasteiger partial charge in [0.05, 0.1) is 0 Å². The molecule has 21 heavy (non-hydrogen) atoms. The summed E-state index contributed by atoms with van der Waals surface area (Å²) in [5.74, 6) is 3.82. The molecule has 0 unspecified atom stereocenters. The summed E-state index contributed by atoms with van der Waals surface area (Å²) < 4.78 is 38.0. The highest BCUT2D eigenvalue weighted by molar-refractivity contribution is 5.47. The fourth-order valence-corrected chi connectivity index (χ4v) is 1.75. The standard InChI is InChI=1S/C13H14F3N5/c1-8-3-2-4-9(5-8)7-18-10-6-11(21-17)20-12(19-10)13(14,15)16/h2-6H,7,17H2,1H3,(H2,18,19,20,21). The topological polar surface area (TPSA) is 75.9 Å². The number of nitrogens with zero attached hydrogens (tertiary/aromatic N) is 2. The summed E-state index contributed by atoms with van der Waals surface area (Å²) in [5, 5.41) is 2.83. The van der Waals surface area contributed by atoms with E-state index in [2.05, 4.69) is 20.7 Å². The van der Waals surface area contributed by atoms with Gasteiger partial charge in [0.15, 0.2) is 0 Å². The molecule has 2 aromatic rings. The lowest BCUT2D eigenvalue weighted by Gasteiger charge is -2.11. The quantitative estimate of drug-likeness (QED) is 0.597. The monoisotopic (exact) mass is 297 g/mol. The highest BCUT2D eigenvalue weighted by Gasteiger charge is 2.35. The number of aryl methyl sites for hydroxylation is 1. The second-order valence-corrected chi connectivity index (χ2v) is 4.45. The Hall–Kier alpha value is -2.35. The minimum atomic E-state index is -4.63. The summed E-state index contributed by atoms with van der Waals surface area (Å²) in [6.07, 6.45) is -4.63. The SMILES string of the molecule is Cc1cccc(CNc2cc(NN)nc(C(F)(F)F)n2)c1. The number of benzene rings is 1. The molecule has 0 aliphatic heterocycles. The molecular weight excluding hydrogens is 283 g/mol. The summed E-state index contributed by atoms with van der Waals surface area (Å²) >= 11 is 0.